The summed E-state index contributed by atoms with van der Waals surface area (Å²) >= 11 is 2.89. The van der Waals surface area contributed by atoms with Crippen molar-refractivity contribution in [3.8, 4) is 5.75 Å². The third-order valence-electron chi connectivity index (χ3n) is 2.92. The van der Waals surface area contributed by atoms with Gasteiger partial charge in [0, 0.05) is 16.2 Å². The number of hydrogen-bond acceptors (Lipinski definition) is 5. The summed E-state index contributed by atoms with van der Waals surface area (Å²) < 4.78 is 5.68. The minimum absolute atomic E-state index is 0.262. The van der Waals surface area contributed by atoms with E-state index in [1.807, 2.05) is 25.3 Å². The second kappa shape index (κ2) is 6.58. The van der Waals surface area contributed by atoms with Crippen LogP contribution in [-0.4, -0.2) is 16.1 Å². The second-order valence-corrected chi connectivity index (χ2v) is 7.40. The molecule has 0 aliphatic rings. The van der Waals surface area contributed by atoms with Gasteiger partial charge in [0.15, 0.2) is 4.88 Å². The number of hydrogen-bond donors (Lipinski definition) is 1. The van der Waals surface area contributed by atoms with Crippen molar-refractivity contribution in [1.29, 1.82) is 0 Å². The molecule has 2 aromatic heterocycles. The number of rotatable bonds is 6. The fourth-order valence-electron chi connectivity index (χ4n) is 1.74. The highest BCUT2D eigenvalue weighted by Gasteiger charge is 2.18. The zero-order valence-electron chi connectivity index (χ0n) is 12.5. The normalized spacial score (nSPS) is 11.3. The average molecular weight is 325 g/mol. The summed E-state index contributed by atoms with van der Waals surface area (Å²) in [6.07, 6.45) is 0. The number of carboxylic acid groups (broad SMARTS) is 1. The van der Waals surface area contributed by atoms with Gasteiger partial charge in [0.2, 0.25) is 0 Å². The van der Waals surface area contributed by atoms with Crippen LogP contribution in [0.25, 0.3) is 0 Å². The van der Waals surface area contributed by atoms with E-state index in [4.69, 9.17) is 4.74 Å². The Morgan fingerprint density at radius 2 is 2.05 bits per heavy atom. The highest BCUT2D eigenvalue weighted by molar-refractivity contribution is 7.14. The van der Waals surface area contributed by atoms with Crippen LogP contribution in [0, 0.1) is 0 Å². The Labute approximate surface area is 132 Å². The summed E-state index contributed by atoms with van der Waals surface area (Å²) in [6, 6.07) is 1.83. The van der Waals surface area contributed by atoms with E-state index < -0.39 is 5.97 Å². The molecule has 0 spiro atoms. The van der Waals surface area contributed by atoms with Gasteiger partial charge in [-0.1, -0.05) is 27.7 Å². The topological polar surface area (TPSA) is 59.4 Å². The number of thiophene rings is 1. The molecular formula is C15H19NO3S2. The maximum Gasteiger partial charge on any atom is 0.349 e. The monoisotopic (exact) mass is 325 g/mol. The van der Waals surface area contributed by atoms with Crippen molar-refractivity contribution < 1.29 is 14.6 Å². The summed E-state index contributed by atoms with van der Waals surface area (Å²) in [5.74, 6) is 0.183. The fourth-order valence-corrected chi connectivity index (χ4v) is 3.50. The van der Waals surface area contributed by atoms with Crippen LogP contribution in [0.1, 0.15) is 64.8 Å². The molecule has 0 radical (unpaired) electrons. The molecule has 0 saturated heterocycles. The van der Waals surface area contributed by atoms with Gasteiger partial charge in [-0.05, 0) is 12.0 Å². The third kappa shape index (κ3) is 3.83. The Morgan fingerprint density at radius 3 is 2.57 bits per heavy atom. The van der Waals surface area contributed by atoms with Crippen LogP contribution in [0.5, 0.6) is 5.75 Å². The Kier molecular flexibility index (Phi) is 5.00. The van der Waals surface area contributed by atoms with Crippen molar-refractivity contribution in [2.75, 3.05) is 0 Å². The minimum Gasteiger partial charge on any atom is -0.485 e. The highest BCUT2D eigenvalue weighted by atomic mass is 32.1. The zero-order chi connectivity index (χ0) is 15.6. The first-order valence-corrected chi connectivity index (χ1v) is 8.52. The Balaban J connectivity index is 2.13. The Morgan fingerprint density at radius 1 is 1.33 bits per heavy atom. The standard InChI is InChI=1S/C15H19NO3S2/c1-8(2)12-5-11(13(21-12)15(17)18)19-6-10-7-20-14(16-10)9(3)4/h5,7-9H,6H2,1-4H3,(H,17,18). The van der Waals surface area contributed by atoms with Gasteiger partial charge >= 0.3 is 5.97 Å². The van der Waals surface area contributed by atoms with Gasteiger partial charge < -0.3 is 9.84 Å². The van der Waals surface area contributed by atoms with Gasteiger partial charge in [0.25, 0.3) is 0 Å². The van der Waals surface area contributed by atoms with Gasteiger partial charge in [0.1, 0.15) is 12.4 Å². The number of aromatic carboxylic acids is 1. The largest absolute Gasteiger partial charge is 0.485 e. The highest BCUT2D eigenvalue weighted by Crippen LogP contribution is 2.34. The molecule has 0 atom stereocenters. The first-order valence-electron chi connectivity index (χ1n) is 6.82. The van der Waals surface area contributed by atoms with Crippen molar-refractivity contribution in [2.45, 2.75) is 46.1 Å². The van der Waals surface area contributed by atoms with Crippen LogP contribution in [0.4, 0.5) is 0 Å². The van der Waals surface area contributed by atoms with Crippen molar-refractivity contribution in [2.24, 2.45) is 0 Å². The minimum atomic E-state index is -0.942. The number of nitrogens with zero attached hydrogens (tertiary/aromatic N) is 1. The molecule has 2 heterocycles. The molecule has 6 heteroatoms. The molecule has 0 saturated carbocycles. The molecule has 1 N–H and O–H groups in total. The molecule has 0 aromatic carbocycles. The lowest BCUT2D eigenvalue weighted by Gasteiger charge is -2.03. The first-order chi connectivity index (χ1) is 9.88. The van der Waals surface area contributed by atoms with Gasteiger partial charge in [-0.3, -0.25) is 0 Å². The predicted molar refractivity (Wildman–Crippen MR) is 85.9 cm³/mol. The van der Waals surface area contributed by atoms with E-state index in [1.165, 1.54) is 11.3 Å². The second-order valence-electron chi connectivity index (χ2n) is 5.42. The molecule has 2 rings (SSSR count). The van der Waals surface area contributed by atoms with Crippen molar-refractivity contribution >= 4 is 28.6 Å². The van der Waals surface area contributed by atoms with Crippen LogP contribution in [0.2, 0.25) is 0 Å². The lowest BCUT2D eigenvalue weighted by atomic mass is 10.2. The Hall–Kier alpha value is -1.40. The Bertz CT molecular complexity index is 629. The average Bonchev–Trinajstić information content (AvgIpc) is 3.03. The van der Waals surface area contributed by atoms with Crippen LogP contribution in [0.3, 0.4) is 0 Å². The van der Waals surface area contributed by atoms with E-state index in [9.17, 15) is 9.90 Å². The van der Waals surface area contributed by atoms with Crippen molar-refractivity contribution in [1.82, 2.24) is 4.98 Å². The molecule has 0 fully saturated rings. The fraction of sp³-hybridized carbons (Fsp3) is 0.467. The predicted octanol–water partition coefficient (Wildman–Crippen LogP) is 4.73. The molecule has 4 nitrogen and oxygen atoms in total. The first kappa shape index (κ1) is 16.0. The van der Waals surface area contributed by atoms with Crippen LogP contribution in [-0.2, 0) is 6.61 Å². The van der Waals surface area contributed by atoms with Crippen LogP contribution in [0.15, 0.2) is 11.4 Å². The van der Waals surface area contributed by atoms with Crippen LogP contribution < -0.4 is 4.74 Å². The molecule has 2 aromatic rings. The SMILES string of the molecule is CC(C)c1cc(OCc2csc(C(C)C)n2)c(C(=O)O)s1. The number of ether oxygens (including phenoxy) is 1. The van der Waals surface area contributed by atoms with E-state index in [2.05, 4.69) is 18.8 Å². The summed E-state index contributed by atoms with van der Waals surface area (Å²) in [6.45, 7) is 8.57. The van der Waals surface area contributed by atoms with Gasteiger partial charge in [-0.2, -0.15) is 0 Å². The van der Waals surface area contributed by atoms with Crippen molar-refractivity contribution in [3.63, 3.8) is 0 Å². The van der Waals surface area contributed by atoms with E-state index >= 15 is 0 Å². The molecule has 0 unspecified atom stereocenters. The molecule has 0 bridgehead atoms. The number of thiazole rings is 1. The number of carboxylic acids is 1. The molecule has 0 amide bonds. The van der Waals surface area contributed by atoms with Gasteiger partial charge in [-0.25, -0.2) is 9.78 Å². The molecule has 0 aliphatic heterocycles. The quantitative estimate of drug-likeness (QED) is 0.834. The smallest absolute Gasteiger partial charge is 0.349 e. The molecule has 21 heavy (non-hydrogen) atoms. The summed E-state index contributed by atoms with van der Waals surface area (Å²) in [7, 11) is 0. The van der Waals surface area contributed by atoms with E-state index in [0.29, 0.717) is 18.3 Å². The number of aromatic nitrogens is 1. The van der Waals surface area contributed by atoms with E-state index in [-0.39, 0.29) is 10.8 Å². The maximum absolute atomic E-state index is 11.3. The molecular weight excluding hydrogens is 306 g/mol. The van der Waals surface area contributed by atoms with Crippen LogP contribution >= 0.6 is 22.7 Å². The van der Waals surface area contributed by atoms with Gasteiger partial charge in [-0.15, -0.1) is 22.7 Å². The van der Waals surface area contributed by atoms with Crippen molar-refractivity contribution in [3.05, 3.63) is 31.9 Å². The summed E-state index contributed by atoms with van der Waals surface area (Å²) in [5.41, 5.74) is 0.845. The third-order valence-corrected chi connectivity index (χ3v) is 5.52. The lowest BCUT2D eigenvalue weighted by Crippen LogP contribution is -2.00. The van der Waals surface area contributed by atoms with E-state index in [1.54, 1.807) is 11.3 Å². The number of carbonyl (C=O) groups is 1. The lowest BCUT2D eigenvalue weighted by molar-refractivity contribution is 0.0697. The summed E-state index contributed by atoms with van der Waals surface area (Å²) in [5, 5.41) is 12.3. The van der Waals surface area contributed by atoms with E-state index in [0.717, 1.165) is 15.6 Å². The maximum atomic E-state index is 11.3. The summed E-state index contributed by atoms with van der Waals surface area (Å²) in [4.78, 5) is 17.0. The van der Waals surface area contributed by atoms with Gasteiger partial charge in [0.05, 0.1) is 10.7 Å². The zero-order valence-corrected chi connectivity index (χ0v) is 14.2. The molecule has 0 aliphatic carbocycles. The molecule has 114 valence electrons.